The van der Waals surface area contributed by atoms with Crippen molar-refractivity contribution in [3.05, 3.63) is 0 Å². The molecule has 1 unspecified atom stereocenters. The Morgan fingerprint density at radius 2 is 1.54 bits per heavy atom. The molecule has 0 heterocycles. The zero-order valence-corrected chi connectivity index (χ0v) is 12.0. The van der Waals surface area contributed by atoms with Crippen molar-refractivity contribution >= 4 is 16.5 Å². The van der Waals surface area contributed by atoms with Crippen LogP contribution in [0.5, 0.6) is 0 Å². The van der Waals surface area contributed by atoms with Crippen LogP contribution in [0, 0.1) is 0 Å². The molecule has 0 N–H and O–H groups in total. The summed E-state index contributed by atoms with van der Waals surface area (Å²) in [5, 5.41) is 0. The molecule has 0 radical (unpaired) electrons. The van der Waals surface area contributed by atoms with E-state index in [4.69, 9.17) is 0 Å². The molecule has 0 spiro atoms. The molecule has 0 aromatic carbocycles. The quantitative estimate of drug-likeness (QED) is 0.377. The van der Waals surface area contributed by atoms with E-state index in [1.807, 2.05) is 0 Å². The summed E-state index contributed by atoms with van der Waals surface area (Å²) in [5.41, 5.74) is 0. The summed E-state index contributed by atoms with van der Waals surface area (Å²) >= 11 is 0. The molecule has 0 saturated carbocycles. The number of hydrogen-bond acceptors (Lipinski definition) is 0. The topological polar surface area (TPSA) is 0 Å². The van der Waals surface area contributed by atoms with E-state index in [1.165, 1.54) is 53.2 Å². The molecule has 1 atom stereocenters. The Hall–Kier alpha value is 0.860. The summed E-state index contributed by atoms with van der Waals surface area (Å²) < 4.78 is 0. The molecular weight excluding hydrogens is 194 g/mol. The first kappa shape index (κ1) is 13.9. The van der Waals surface area contributed by atoms with Crippen molar-refractivity contribution in [1.29, 1.82) is 0 Å². The van der Waals surface area contributed by atoms with Gasteiger partial charge in [-0.2, -0.15) is 0 Å². The Bertz CT molecular complexity index is 74.2. The van der Waals surface area contributed by atoms with Gasteiger partial charge in [-0.25, -0.2) is 0 Å². The predicted molar refractivity (Wildman–Crippen MR) is 72.8 cm³/mol. The molecule has 82 valence electrons. The molecule has 0 aromatic heterocycles. The van der Waals surface area contributed by atoms with E-state index in [1.54, 1.807) is 12.3 Å². The molecule has 2 heteroatoms. The molecule has 0 aliphatic rings. The summed E-state index contributed by atoms with van der Waals surface area (Å²) in [7, 11) is 1.78. The van der Waals surface area contributed by atoms with Gasteiger partial charge in [-0.05, 0) is 0 Å². The third-order valence-electron chi connectivity index (χ3n) is 2.41. The number of hydrogen-bond donors (Lipinski definition) is 0. The van der Waals surface area contributed by atoms with Crippen molar-refractivity contribution in [2.24, 2.45) is 0 Å². The Morgan fingerprint density at radius 3 is 2.23 bits per heavy atom. The van der Waals surface area contributed by atoms with Gasteiger partial charge in [0.05, 0.1) is 0 Å². The molecule has 0 fully saturated rings. The van der Waals surface area contributed by atoms with Gasteiger partial charge < -0.3 is 0 Å². The summed E-state index contributed by atoms with van der Waals surface area (Å²) in [6.07, 6.45) is 13.5. The van der Waals surface area contributed by atoms with Crippen LogP contribution in [0.2, 0.25) is 0 Å². The van der Waals surface area contributed by atoms with Crippen molar-refractivity contribution < 1.29 is 0 Å². The third kappa shape index (κ3) is 12.9. The molecule has 0 aliphatic heterocycles. The van der Waals surface area contributed by atoms with E-state index in [2.05, 4.69) is 13.8 Å². The Morgan fingerprint density at radius 1 is 0.846 bits per heavy atom. The van der Waals surface area contributed by atoms with Crippen LogP contribution >= 0.6 is 16.5 Å². The summed E-state index contributed by atoms with van der Waals surface area (Å²) in [6.45, 7) is 4.59. The average molecular weight is 222 g/mol. The molecule has 0 rings (SSSR count). The van der Waals surface area contributed by atoms with Crippen LogP contribution in [0.1, 0.15) is 58.8 Å². The van der Waals surface area contributed by atoms with Crippen molar-refractivity contribution in [3.63, 3.8) is 0 Å². The van der Waals surface area contributed by atoms with Crippen LogP contribution in [0.25, 0.3) is 0 Å². The summed E-state index contributed by atoms with van der Waals surface area (Å²) in [6, 6.07) is 0. The van der Waals surface area contributed by atoms with Crippen molar-refractivity contribution in [1.82, 2.24) is 0 Å². The van der Waals surface area contributed by atoms with Gasteiger partial charge in [0, 0.05) is 0 Å². The summed E-state index contributed by atoms with van der Waals surface area (Å²) in [4.78, 5) is 0. The second kappa shape index (κ2) is 12.9. The molecule has 0 nitrogen and oxygen atoms in total. The first-order valence-electron chi connectivity index (χ1n) is 6.12. The number of rotatable bonds is 10. The monoisotopic (exact) mass is 222 g/mol. The van der Waals surface area contributed by atoms with Gasteiger partial charge in [0.15, 0.2) is 0 Å². The normalized spacial score (nSPS) is 11.8. The standard InChI is InChI=1S/C11H28P2/c1-3-5-7-9-11-13-12-10-8-6-4-2/h13H,3-11H2,1-2,12H3. The van der Waals surface area contributed by atoms with E-state index >= 15 is 0 Å². The minimum absolute atomic E-state index is 0.385. The van der Waals surface area contributed by atoms with Gasteiger partial charge in [0.25, 0.3) is 0 Å². The first-order chi connectivity index (χ1) is 6.41. The van der Waals surface area contributed by atoms with Gasteiger partial charge in [-0.15, -0.1) is 0 Å². The van der Waals surface area contributed by atoms with E-state index < -0.39 is 0 Å². The van der Waals surface area contributed by atoms with E-state index in [-0.39, 0.29) is 0 Å². The average Bonchev–Trinajstić information content (AvgIpc) is 2.16. The zero-order valence-electron chi connectivity index (χ0n) is 9.57. The van der Waals surface area contributed by atoms with Crippen molar-refractivity contribution in [2.45, 2.75) is 58.8 Å². The minimum atomic E-state index is 0.385. The van der Waals surface area contributed by atoms with Gasteiger partial charge in [-0.1, -0.05) is 0 Å². The van der Waals surface area contributed by atoms with Gasteiger partial charge in [0.2, 0.25) is 0 Å². The molecule has 0 amide bonds. The van der Waals surface area contributed by atoms with Gasteiger partial charge in [-0.3, -0.25) is 0 Å². The third-order valence-corrected chi connectivity index (χ3v) is 7.51. The molecule has 0 saturated heterocycles. The first-order valence-corrected chi connectivity index (χ1v) is 10.7. The fourth-order valence-corrected chi connectivity index (χ4v) is 6.08. The Labute approximate surface area is 88.1 Å². The van der Waals surface area contributed by atoms with Crippen LogP contribution in [-0.2, 0) is 0 Å². The van der Waals surface area contributed by atoms with Crippen molar-refractivity contribution in [2.75, 3.05) is 12.3 Å². The van der Waals surface area contributed by atoms with Crippen LogP contribution in [0.3, 0.4) is 0 Å². The van der Waals surface area contributed by atoms with Gasteiger partial charge in [0.1, 0.15) is 0 Å². The Kier molecular flexibility index (Phi) is 13.7. The second-order valence-corrected chi connectivity index (χ2v) is 9.08. The van der Waals surface area contributed by atoms with E-state index in [0.717, 1.165) is 0 Å². The Balaban J connectivity index is 2.76. The fourth-order valence-electron chi connectivity index (χ4n) is 1.48. The van der Waals surface area contributed by atoms with Crippen LogP contribution in [0.4, 0.5) is 0 Å². The maximum absolute atomic E-state index is 2.30. The molecular formula is C11H28P2. The second-order valence-electron chi connectivity index (χ2n) is 3.87. The molecule has 13 heavy (non-hydrogen) atoms. The molecule has 0 aliphatic carbocycles. The van der Waals surface area contributed by atoms with Crippen molar-refractivity contribution in [3.8, 4) is 0 Å². The number of unbranched alkanes of at least 4 members (excludes halogenated alkanes) is 5. The van der Waals surface area contributed by atoms with Crippen LogP contribution < -0.4 is 0 Å². The maximum atomic E-state index is 2.30. The predicted octanol–water partition coefficient (Wildman–Crippen LogP) is 4.49. The van der Waals surface area contributed by atoms with Crippen LogP contribution in [0.15, 0.2) is 0 Å². The molecule has 0 bridgehead atoms. The van der Waals surface area contributed by atoms with E-state index in [9.17, 15) is 0 Å². The van der Waals surface area contributed by atoms with Crippen LogP contribution in [-0.4, -0.2) is 12.3 Å². The fraction of sp³-hybridized carbons (Fsp3) is 1.00. The SMILES string of the molecule is CCCCCCP[PH3]CCCCC. The van der Waals surface area contributed by atoms with E-state index in [0.29, 0.717) is 8.27 Å². The van der Waals surface area contributed by atoms with Gasteiger partial charge >= 0.3 is 87.7 Å². The zero-order chi connectivity index (χ0) is 9.78. The summed E-state index contributed by atoms with van der Waals surface area (Å²) in [5.74, 6) is 0. The molecule has 0 aromatic rings.